The molecule has 0 bridgehead atoms. The predicted octanol–water partition coefficient (Wildman–Crippen LogP) is 0.845. The Balaban J connectivity index is 1.89. The summed E-state index contributed by atoms with van der Waals surface area (Å²) < 4.78 is 5.07. The largest absolute Gasteiger partial charge is 0.495 e. The number of nitrogens with zero attached hydrogens (tertiary/aromatic N) is 1. The van der Waals surface area contributed by atoms with E-state index in [9.17, 15) is 15.0 Å². The topological polar surface area (TPSA) is 70.0 Å². The molecule has 1 aromatic rings. The van der Waals surface area contributed by atoms with E-state index in [-0.39, 0.29) is 19.0 Å². The molecule has 1 aliphatic rings. The normalized spacial score (nSPS) is 22.1. The summed E-state index contributed by atoms with van der Waals surface area (Å²) in [6.07, 6.45) is -0.795. The molecule has 0 spiro atoms. The fraction of sp³-hybridized carbons (Fsp3) is 0.500. The first-order chi connectivity index (χ1) is 9.51. The Kier molecular flexibility index (Phi) is 4.86. The van der Waals surface area contributed by atoms with Gasteiger partial charge in [0.15, 0.2) is 0 Å². The lowest BCUT2D eigenvalue weighted by Crippen LogP contribution is -2.29. The highest BCUT2D eigenvalue weighted by Gasteiger charge is 2.32. The molecular formula is C14H18ClNO4. The average Bonchev–Trinajstić information content (AvgIpc) is 2.76. The second kappa shape index (κ2) is 6.43. The lowest BCUT2D eigenvalue weighted by atomic mass is 10.1. The number of carbonyl (C=O) groups is 1. The van der Waals surface area contributed by atoms with E-state index >= 15 is 0 Å². The lowest BCUT2D eigenvalue weighted by Gasteiger charge is -2.15. The monoisotopic (exact) mass is 299 g/mol. The molecule has 20 heavy (non-hydrogen) atoms. The summed E-state index contributed by atoms with van der Waals surface area (Å²) in [5.41, 5.74) is 0.949. The number of aryl methyl sites for hydroxylation is 1. The SMILES string of the molecule is COc1ccc(CCC(=O)N2CC(O)C(O)C2)cc1Cl. The summed E-state index contributed by atoms with van der Waals surface area (Å²) in [6, 6.07) is 5.42. The number of rotatable bonds is 4. The Morgan fingerprint density at radius 1 is 1.40 bits per heavy atom. The molecule has 0 aromatic heterocycles. The number of likely N-dealkylation sites (tertiary alicyclic amines) is 1. The van der Waals surface area contributed by atoms with Crippen molar-refractivity contribution >= 4 is 17.5 Å². The van der Waals surface area contributed by atoms with E-state index in [1.807, 2.05) is 6.07 Å². The van der Waals surface area contributed by atoms with Gasteiger partial charge in [0.05, 0.1) is 24.3 Å². The third-order valence-corrected chi connectivity index (χ3v) is 3.75. The number of β-amino-alcohol motifs (C(OH)–C–C–N with tert-alkyl or cyclic N) is 2. The molecule has 110 valence electrons. The molecule has 1 amide bonds. The number of ether oxygens (including phenoxy) is 1. The molecule has 0 saturated carbocycles. The van der Waals surface area contributed by atoms with Crippen LogP contribution in [0.15, 0.2) is 18.2 Å². The highest BCUT2D eigenvalue weighted by molar-refractivity contribution is 6.32. The van der Waals surface area contributed by atoms with Crippen LogP contribution in [-0.2, 0) is 11.2 Å². The maximum absolute atomic E-state index is 12.0. The molecular weight excluding hydrogens is 282 g/mol. The van der Waals surface area contributed by atoms with Crippen LogP contribution in [-0.4, -0.2) is 53.4 Å². The third-order valence-electron chi connectivity index (χ3n) is 3.46. The van der Waals surface area contributed by atoms with Gasteiger partial charge in [-0.2, -0.15) is 0 Å². The van der Waals surface area contributed by atoms with E-state index in [0.717, 1.165) is 5.56 Å². The number of hydrogen-bond acceptors (Lipinski definition) is 4. The summed E-state index contributed by atoms with van der Waals surface area (Å²) in [7, 11) is 1.55. The minimum atomic E-state index is -0.839. The standard InChI is InChI=1S/C14H18ClNO4/c1-20-13-4-2-9(6-10(13)15)3-5-14(19)16-7-11(17)12(18)8-16/h2,4,6,11-12,17-18H,3,5,7-8H2,1H3. The van der Waals surface area contributed by atoms with Gasteiger partial charge in [-0.05, 0) is 24.1 Å². The Morgan fingerprint density at radius 3 is 2.60 bits per heavy atom. The van der Waals surface area contributed by atoms with Crippen molar-refractivity contribution in [3.63, 3.8) is 0 Å². The zero-order valence-corrected chi connectivity index (χ0v) is 12.0. The summed E-state index contributed by atoms with van der Waals surface area (Å²) >= 11 is 6.02. The Morgan fingerprint density at radius 2 is 2.05 bits per heavy atom. The van der Waals surface area contributed by atoms with E-state index in [2.05, 4.69) is 0 Å². The van der Waals surface area contributed by atoms with Gasteiger partial charge in [0, 0.05) is 19.5 Å². The van der Waals surface area contributed by atoms with E-state index in [1.165, 1.54) is 4.90 Å². The molecule has 2 atom stereocenters. The molecule has 1 aliphatic heterocycles. The van der Waals surface area contributed by atoms with Gasteiger partial charge in [0.25, 0.3) is 0 Å². The molecule has 5 nitrogen and oxygen atoms in total. The number of aliphatic hydroxyl groups is 2. The predicted molar refractivity (Wildman–Crippen MR) is 74.9 cm³/mol. The average molecular weight is 300 g/mol. The zero-order valence-electron chi connectivity index (χ0n) is 11.3. The molecule has 0 radical (unpaired) electrons. The molecule has 2 N–H and O–H groups in total. The number of aliphatic hydroxyl groups excluding tert-OH is 2. The van der Waals surface area contributed by atoms with Gasteiger partial charge in [-0.15, -0.1) is 0 Å². The minimum absolute atomic E-state index is 0.0764. The van der Waals surface area contributed by atoms with Crippen LogP contribution < -0.4 is 4.74 Å². The first-order valence-electron chi connectivity index (χ1n) is 6.47. The summed E-state index contributed by atoms with van der Waals surface area (Å²) in [4.78, 5) is 13.5. The van der Waals surface area contributed by atoms with Gasteiger partial charge >= 0.3 is 0 Å². The summed E-state index contributed by atoms with van der Waals surface area (Å²) in [5, 5.41) is 19.4. The number of amides is 1. The van der Waals surface area contributed by atoms with Crippen molar-refractivity contribution < 1.29 is 19.7 Å². The summed E-state index contributed by atoms with van der Waals surface area (Å²) in [6.45, 7) is 0.396. The Labute approximate surface area is 122 Å². The molecule has 2 unspecified atom stereocenters. The Hall–Kier alpha value is -1.30. The van der Waals surface area contributed by atoms with Gasteiger partial charge in [-0.3, -0.25) is 4.79 Å². The van der Waals surface area contributed by atoms with Crippen LogP contribution in [0.3, 0.4) is 0 Å². The molecule has 1 heterocycles. The van der Waals surface area contributed by atoms with Gasteiger partial charge in [-0.1, -0.05) is 17.7 Å². The summed E-state index contributed by atoms with van der Waals surface area (Å²) in [5.74, 6) is 0.528. The van der Waals surface area contributed by atoms with E-state index in [1.54, 1.807) is 19.2 Å². The van der Waals surface area contributed by atoms with Gasteiger partial charge in [0.2, 0.25) is 5.91 Å². The van der Waals surface area contributed by atoms with E-state index in [0.29, 0.717) is 23.6 Å². The van der Waals surface area contributed by atoms with Crippen molar-refractivity contribution in [1.29, 1.82) is 0 Å². The van der Waals surface area contributed by atoms with Crippen molar-refractivity contribution in [3.05, 3.63) is 28.8 Å². The number of halogens is 1. The first-order valence-corrected chi connectivity index (χ1v) is 6.85. The van der Waals surface area contributed by atoms with Crippen molar-refractivity contribution in [3.8, 4) is 5.75 Å². The first kappa shape index (κ1) is 15.1. The maximum atomic E-state index is 12.0. The van der Waals surface area contributed by atoms with Crippen molar-refractivity contribution in [2.24, 2.45) is 0 Å². The van der Waals surface area contributed by atoms with Gasteiger partial charge < -0.3 is 19.8 Å². The smallest absolute Gasteiger partial charge is 0.223 e. The van der Waals surface area contributed by atoms with E-state index in [4.69, 9.17) is 16.3 Å². The quantitative estimate of drug-likeness (QED) is 0.864. The molecule has 1 aromatic carbocycles. The number of hydrogen-bond donors (Lipinski definition) is 2. The van der Waals surface area contributed by atoms with Crippen LogP contribution >= 0.6 is 11.6 Å². The maximum Gasteiger partial charge on any atom is 0.223 e. The second-order valence-corrected chi connectivity index (χ2v) is 5.31. The lowest BCUT2D eigenvalue weighted by molar-refractivity contribution is -0.130. The third kappa shape index (κ3) is 3.42. The second-order valence-electron chi connectivity index (χ2n) is 4.90. The molecule has 1 saturated heterocycles. The van der Waals surface area contributed by atoms with Crippen molar-refractivity contribution in [2.45, 2.75) is 25.0 Å². The van der Waals surface area contributed by atoms with Crippen molar-refractivity contribution in [1.82, 2.24) is 4.90 Å². The highest BCUT2D eigenvalue weighted by Crippen LogP contribution is 2.25. The van der Waals surface area contributed by atoms with Crippen LogP contribution in [0.5, 0.6) is 5.75 Å². The van der Waals surface area contributed by atoms with Gasteiger partial charge in [0.1, 0.15) is 5.75 Å². The fourth-order valence-corrected chi connectivity index (χ4v) is 2.53. The van der Waals surface area contributed by atoms with Crippen LogP contribution in [0.25, 0.3) is 0 Å². The number of carbonyl (C=O) groups excluding carboxylic acids is 1. The van der Waals surface area contributed by atoms with E-state index < -0.39 is 12.2 Å². The van der Waals surface area contributed by atoms with Crippen LogP contribution in [0.2, 0.25) is 5.02 Å². The molecule has 0 aliphatic carbocycles. The highest BCUT2D eigenvalue weighted by atomic mass is 35.5. The van der Waals surface area contributed by atoms with Gasteiger partial charge in [-0.25, -0.2) is 0 Å². The van der Waals surface area contributed by atoms with Crippen LogP contribution in [0.1, 0.15) is 12.0 Å². The Bertz CT molecular complexity index is 484. The van der Waals surface area contributed by atoms with Crippen LogP contribution in [0.4, 0.5) is 0 Å². The molecule has 2 rings (SSSR count). The zero-order chi connectivity index (χ0) is 14.7. The number of methoxy groups -OCH3 is 1. The molecule has 1 fully saturated rings. The minimum Gasteiger partial charge on any atom is -0.495 e. The van der Waals surface area contributed by atoms with Crippen LogP contribution in [0, 0.1) is 0 Å². The number of benzene rings is 1. The van der Waals surface area contributed by atoms with Crippen molar-refractivity contribution in [2.75, 3.05) is 20.2 Å². The molecule has 6 heteroatoms. The fourth-order valence-electron chi connectivity index (χ4n) is 2.25.